The highest BCUT2D eigenvalue weighted by Gasteiger charge is 2.48. The van der Waals surface area contributed by atoms with E-state index in [4.69, 9.17) is 14.0 Å². The van der Waals surface area contributed by atoms with Gasteiger partial charge in [0.2, 0.25) is 5.91 Å². The van der Waals surface area contributed by atoms with Crippen LogP contribution in [0, 0.1) is 0 Å². The molecule has 0 aromatic rings. The summed E-state index contributed by atoms with van der Waals surface area (Å²) in [5.41, 5.74) is 0. The first-order valence-electron chi connectivity index (χ1n) is 25.7. The molecule has 374 valence electrons. The predicted octanol–water partition coefficient (Wildman–Crippen LogP) is 9.70. The first kappa shape index (κ1) is 59.8. The summed E-state index contributed by atoms with van der Waals surface area (Å²) in [5, 5.41) is 54.6. The maximum atomic E-state index is 13.0. The van der Waals surface area contributed by atoms with Gasteiger partial charge in [-0.15, -0.1) is 0 Å². The number of amides is 1. The third-order valence-corrected chi connectivity index (χ3v) is 12.9. The van der Waals surface area contributed by atoms with Gasteiger partial charge in [0.1, 0.15) is 30.5 Å². The summed E-state index contributed by atoms with van der Waals surface area (Å²) < 4.78 is 47.1. The van der Waals surface area contributed by atoms with Gasteiger partial charge < -0.3 is 40.3 Å². The Bertz CT molecular complexity index is 1190. The van der Waals surface area contributed by atoms with Gasteiger partial charge in [-0.3, -0.25) is 9.35 Å². The minimum Gasteiger partial charge on any atom is -0.394 e. The quantitative estimate of drug-likeness (QED) is 0.0173. The molecule has 0 bridgehead atoms. The molecule has 0 spiro atoms. The second-order valence-corrected chi connectivity index (χ2v) is 19.3. The van der Waals surface area contributed by atoms with Crippen LogP contribution in [0.2, 0.25) is 0 Å². The average Bonchev–Trinajstić information content (AvgIpc) is 3.25. The first-order valence-corrected chi connectivity index (χ1v) is 27.0. The van der Waals surface area contributed by atoms with Crippen molar-refractivity contribution in [3.63, 3.8) is 0 Å². The van der Waals surface area contributed by atoms with Gasteiger partial charge in [-0.25, -0.2) is 4.18 Å². The van der Waals surface area contributed by atoms with Crippen molar-refractivity contribution >= 4 is 16.3 Å². The molecule has 8 unspecified atom stereocenters. The van der Waals surface area contributed by atoms with E-state index in [1.54, 1.807) is 0 Å². The third kappa shape index (κ3) is 32.2. The van der Waals surface area contributed by atoms with Crippen LogP contribution in [0.3, 0.4) is 0 Å². The molecule has 8 atom stereocenters. The van der Waals surface area contributed by atoms with E-state index in [0.29, 0.717) is 19.3 Å². The van der Waals surface area contributed by atoms with Crippen molar-refractivity contribution in [1.82, 2.24) is 5.32 Å². The Balaban J connectivity index is 2.11. The van der Waals surface area contributed by atoms with Crippen molar-refractivity contribution in [3.8, 4) is 0 Å². The fourth-order valence-corrected chi connectivity index (χ4v) is 8.85. The Kier molecular flexibility index (Phi) is 37.9. The van der Waals surface area contributed by atoms with Crippen molar-refractivity contribution < 1.29 is 57.0 Å². The van der Waals surface area contributed by atoms with E-state index in [2.05, 4.69) is 28.6 Å². The minimum atomic E-state index is -5.10. The second kappa shape index (κ2) is 39.9. The van der Waals surface area contributed by atoms with Gasteiger partial charge in [0.15, 0.2) is 6.29 Å². The monoisotopic (exact) mass is 922 g/mol. The maximum Gasteiger partial charge on any atom is 0.397 e. The second-order valence-electron chi connectivity index (χ2n) is 18.3. The summed E-state index contributed by atoms with van der Waals surface area (Å²) in [4.78, 5) is 13.0. The number of aliphatic hydroxyl groups is 5. The van der Waals surface area contributed by atoms with E-state index in [-0.39, 0.29) is 6.42 Å². The molecular formula is C49H95NO12S. The van der Waals surface area contributed by atoms with E-state index >= 15 is 0 Å². The molecule has 7 N–H and O–H groups in total. The summed E-state index contributed by atoms with van der Waals surface area (Å²) in [7, 11) is -5.10. The molecule has 1 saturated heterocycles. The lowest BCUT2D eigenvalue weighted by Gasteiger charge is -2.41. The van der Waals surface area contributed by atoms with Crippen LogP contribution in [-0.2, 0) is 28.9 Å². The van der Waals surface area contributed by atoms with E-state index in [1.165, 1.54) is 161 Å². The molecule has 13 nitrogen and oxygen atoms in total. The van der Waals surface area contributed by atoms with Crippen LogP contribution in [0.25, 0.3) is 0 Å². The van der Waals surface area contributed by atoms with E-state index in [0.717, 1.165) is 32.1 Å². The van der Waals surface area contributed by atoms with Crippen LogP contribution in [0.1, 0.15) is 232 Å². The molecule has 1 amide bonds. The Morgan fingerprint density at radius 3 is 1.44 bits per heavy atom. The normalized spacial score (nSPS) is 20.9. The molecule has 0 aromatic carbocycles. The van der Waals surface area contributed by atoms with Gasteiger partial charge in [-0.1, -0.05) is 206 Å². The number of carbonyl (C=O) groups is 1. The number of aliphatic hydroxyl groups excluding tert-OH is 5. The lowest BCUT2D eigenvalue weighted by Crippen LogP contribution is -2.61. The molecule has 1 aliphatic heterocycles. The summed E-state index contributed by atoms with van der Waals surface area (Å²) in [6.07, 6.45) is 34.2. The van der Waals surface area contributed by atoms with Crippen molar-refractivity contribution in [2.24, 2.45) is 0 Å². The van der Waals surface area contributed by atoms with Crippen molar-refractivity contribution in [2.75, 3.05) is 13.2 Å². The smallest absolute Gasteiger partial charge is 0.394 e. The average molecular weight is 922 g/mol. The highest BCUT2D eigenvalue weighted by atomic mass is 32.3. The number of rotatable bonds is 44. The van der Waals surface area contributed by atoms with Gasteiger partial charge in [0.25, 0.3) is 0 Å². The van der Waals surface area contributed by atoms with Crippen LogP contribution >= 0.6 is 0 Å². The van der Waals surface area contributed by atoms with Crippen molar-refractivity contribution in [1.29, 1.82) is 0 Å². The summed E-state index contributed by atoms with van der Waals surface area (Å²) in [6, 6.07) is -1.03. The molecule has 14 heteroatoms. The highest BCUT2D eigenvalue weighted by Crippen LogP contribution is 2.26. The molecule has 0 radical (unpaired) electrons. The largest absolute Gasteiger partial charge is 0.397 e. The standard InChI is InChI=1S/C49H95NO12S/c1-3-5-7-8-9-10-11-12-13-14-15-16-17-18-19-20-21-22-23-24-25-26-27-28-29-30-31-32-33-34-36-38-43(53)48(56)50-41(42(52)37-35-6-4-2)40-60-49-46(55)47(62-63(57,58)59)45(54)44(39-51)61-49/h18-19,41-47,49,51-55H,3-17,20-40H2,1-2H3,(H,50,56)(H,57,58,59)/b19-18-. The van der Waals surface area contributed by atoms with Gasteiger partial charge in [-0.05, 0) is 38.5 Å². The summed E-state index contributed by atoms with van der Waals surface area (Å²) in [6.45, 7) is 3.08. The molecule has 1 heterocycles. The number of ether oxygens (including phenoxy) is 2. The van der Waals surface area contributed by atoms with E-state index in [9.17, 15) is 38.7 Å². The molecule has 0 aromatic heterocycles. The van der Waals surface area contributed by atoms with Gasteiger partial charge in [0.05, 0.1) is 25.4 Å². The van der Waals surface area contributed by atoms with Gasteiger partial charge in [-0.2, -0.15) is 8.42 Å². The topological polar surface area (TPSA) is 212 Å². The molecule has 1 fully saturated rings. The Labute approximate surface area is 383 Å². The van der Waals surface area contributed by atoms with Gasteiger partial charge in [0, 0.05) is 0 Å². The first-order chi connectivity index (χ1) is 30.4. The summed E-state index contributed by atoms with van der Waals surface area (Å²) >= 11 is 0. The zero-order valence-electron chi connectivity index (χ0n) is 39.8. The summed E-state index contributed by atoms with van der Waals surface area (Å²) in [5.74, 6) is -0.678. The zero-order chi connectivity index (χ0) is 46.4. The van der Waals surface area contributed by atoms with Crippen LogP contribution in [0.4, 0.5) is 0 Å². The van der Waals surface area contributed by atoms with E-state index < -0.39 is 78.5 Å². The molecule has 0 aliphatic carbocycles. The fraction of sp³-hybridized carbons (Fsp3) is 0.939. The zero-order valence-corrected chi connectivity index (χ0v) is 40.6. The number of allylic oxidation sites excluding steroid dienone is 2. The lowest BCUT2D eigenvalue weighted by molar-refractivity contribution is -0.298. The van der Waals surface area contributed by atoms with Crippen molar-refractivity contribution in [3.05, 3.63) is 12.2 Å². The van der Waals surface area contributed by atoms with Gasteiger partial charge >= 0.3 is 10.4 Å². The number of hydrogen-bond donors (Lipinski definition) is 7. The van der Waals surface area contributed by atoms with Crippen LogP contribution < -0.4 is 5.32 Å². The van der Waals surface area contributed by atoms with E-state index in [1.807, 2.05) is 6.92 Å². The van der Waals surface area contributed by atoms with Crippen LogP contribution in [0.5, 0.6) is 0 Å². The highest BCUT2D eigenvalue weighted by molar-refractivity contribution is 7.80. The lowest BCUT2D eigenvalue weighted by atomic mass is 9.99. The predicted molar refractivity (Wildman–Crippen MR) is 252 cm³/mol. The number of carbonyl (C=O) groups excluding carboxylic acids is 1. The molecule has 1 aliphatic rings. The third-order valence-electron chi connectivity index (χ3n) is 12.4. The molecule has 63 heavy (non-hydrogen) atoms. The maximum absolute atomic E-state index is 13.0. The number of hydrogen-bond acceptors (Lipinski definition) is 11. The van der Waals surface area contributed by atoms with Crippen LogP contribution in [0.15, 0.2) is 12.2 Å². The Morgan fingerprint density at radius 1 is 0.619 bits per heavy atom. The minimum absolute atomic E-state index is 0.261. The Hall–Kier alpha value is -1.20. The molecule has 1 rings (SSSR count). The SMILES string of the molecule is CCCCCCCCCCCCCC/C=C\CCCCCCCCCCCCCCCCCC(O)C(=O)NC(COC1OC(CO)C(O)C(OS(=O)(=O)O)C1O)C(O)CCCCC. The Morgan fingerprint density at radius 2 is 1.02 bits per heavy atom. The molecule has 0 saturated carbocycles. The fourth-order valence-electron chi connectivity index (χ4n) is 8.34. The van der Waals surface area contributed by atoms with Crippen molar-refractivity contribution in [2.45, 2.75) is 281 Å². The van der Waals surface area contributed by atoms with Crippen LogP contribution in [-0.4, -0.2) is 107 Å². The number of nitrogens with one attached hydrogen (secondary N) is 1. The number of unbranched alkanes of at least 4 members (excludes halogenated alkanes) is 29. The molecular weight excluding hydrogens is 827 g/mol.